The molecular formula is C12H15N3O3. The lowest BCUT2D eigenvalue weighted by Crippen LogP contribution is -2.29. The SMILES string of the molecule is COC(=O)C(O)CNc1ccc2c(cnn2C)c1. The highest BCUT2D eigenvalue weighted by Gasteiger charge is 2.14. The zero-order chi connectivity index (χ0) is 13.1. The van der Waals surface area contributed by atoms with Gasteiger partial charge in [-0.25, -0.2) is 4.79 Å². The summed E-state index contributed by atoms with van der Waals surface area (Å²) in [7, 11) is 3.11. The zero-order valence-electron chi connectivity index (χ0n) is 10.3. The number of hydrogen-bond donors (Lipinski definition) is 2. The Labute approximate surface area is 104 Å². The number of aromatic nitrogens is 2. The Morgan fingerprint density at radius 2 is 2.39 bits per heavy atom. The van der Waals surface area contributed by atoms with Gasteiger partial charge in [-0.15, -0.1) is 0 Å². The van der Waals surface area contributed by atoms with Crippen molar-refractivity contribution in [2.45, 2.75) is 6.10 Å². The van der Waals surface area contributed by atoms with Crippen LogP contribution < -0.4 is 5.32 Å². The first-order valence-electron chi connectivity index (χ1n) is 5.53. The van der Waals surface area contributed by atoms with Gasteiger partial charge in [-0.1, -0.05) is 0 Å². The van der Waals surface area contributed by atoms with E-state index in [4.69, 9.17) is 0 Å². The maximum absolute atomic E-state index is 11.0. The average Bonchev–Trinajstić information content (AvgIpc) is 2.76. The standard InChI is InChI=1S/C12H15N3O3/c1-15-10-4-3-9(5-8(10)6-14-15)13-7-11(16)12(17)18-2/h3-6,11,13,16H,7H2,1-2H3. The van der Waals surface area contributed by atoms with Gasteiger partial charge in [-0.2, -0.15) is 5.10 Å². The molecule has 0 saturated heterocycles. The summed E-state index contributed by atoms with van der Waals surface area (Å²) in [6.07, 6.45) is 0.594. The molecule has 0 radical (unpaired) electrons. The molecule has 18 heavy (non-hydrogen) atoms. The summed E-state index contributed by atoms with van der Waals surface area (Å²) in [4.78, 5) is 11.0. The molecule has 6 nitrogen and oxygen atoms in total. The second-order valence-electron chi connectivity index (χ2n) is 3.96. The number of aryl methyl sites for hydroxylation is 1. The van der Waals surface area contributed by atoms with Crippen molar-refractivity contribution in [1.29, 1.82) is 0 Å². The molecule has 1 unspecified atom stereocenters. The number of methoxy groups -OCH3 is 1. The molecule has 0 aliphatic heterocycles. The highest BCUT2D eigenvalue weighted by atomic mass is 16.5. The van der Waals surface area contributed by atoms with Crippen LogP contribution in [0.5, 0.6) is 0 Å². The number of rotatable bonds is 4. The summed E-state index contributed by atoms with van der Waals surface area (Å²) >= 11 is 0. The fourth-order valence-electron chi connectivity index (χ4n) is 1.71. The molecule has 0 aliphatic carbocycles. The van der Waals surface area contributed by atoms with E-state index in [2.05, 4.69) is 15.2 Å². The molecule has 1 aromatic heterocycles. The Kier molecular flexibility index (Phi) is 3.47. The molecular weight excluding hydrogens is 234 g/mol. The van der Waals surface area contributed by atoms with E-state index in [1.165, 1.54) is 7.11 Å². The summed E-state index contributed by atoms with van der Waals surface area (Å²) in [5.41, 5.74) is 1.84. The van der Waals surface area contributed by atoms with E-state index < -0.39 is 12.1 Å². The molecule has 0 aliphatic rings. The fraction of sp³-hybridized carbons (Fsp3) is 0.333. The van der Waals surface area contributed by atoms with Gasteiger partial charge >= 0.3 is 5.97 Å². The highest BCUT2D eigenvalue weighted by Crippen LogP contribution is 2.18. The number of nitrogens with one attached hydrogen (secondary N) is 1. The van der Waals surface area contributed by atoms with Crippen molar-refractivity contribution in [2.24, 2.45) is 7.05 Å². The Morgan fingerprint density at radius 1 is 1.61 bits per heavy atom. The van der Waals surface area contributed by atoms with Crippen molar-refractivity contribution in [3.63, 3.8) is 0 Å². The van der Waals surface area contributed by atoms with Crippen LogP contribution in [0.15, 0.2) is 24.4 Å². The average molecular weight is 249 g/mol. The van der Waals surface area contributed by atoms with Crippen molar-refractivity contribution in [3.05, 3.63) is 24.4 Å². The molecule has 2 rings (SSSR count). The highest BCUT2D eigenvalue weighted by molar-refractivity contribution is 5.82. The van der Waals surface area contributed by atoms with Crippen molar-refractivity contribution in [1.82, 2.24) is 9.78 Å². The predicted molar refractivity (Wildman–Crippen MR) is 67.2 cm³/mol. The number of aliphatic hydroxyl groups is 1. The van der Waals surface area contributed by atoms with Crippen LogP contribution in [0.1, 0.15) is 0 Å². The number of carbonyl (C=O) groups is 1. The van der Waals surface area contributed by atoms with E-state index in [-0.39, 0.29) is 6.54 Å². The first-order chi connectivity index (χ1) is 8.61. The lowest BCUT2D eigenvalue weighted by Gasteiger charge is -2.10. The van der Waals surface area contributed by atoms with Crippen molar-refractivity contribution >= 4 is 22.6 Å². The number of nitrogens with zero attached hydrogens (tertiary/aromatic N) is 2. The van der Waals surface area contributed by atoms with Gasteiger partial charge in [0.15, 0.2) is 6.10 Å². The van der Waals surface area contributed by atoms with E-state index in [9.17, 15) is 9.90 Å². The second-order valence-corrected chi connectivity index (χ2v) is 3.96. The summed E-state index contributed by atoms with van der Waals surface area (Å²) in [5, 5.41) is 17.6. The first kappa shape index (κ1) is 12.4. The molecule has 96 valence electrons. The molecule has 2 aromatic rings. The minimum absolute atomic E-state index is 0.110. The number of esters is 1. The minimum atomic E-state index is -1.17. The lowest BCUT2D eigenvalue weighted by molar-refractivity contribution is -0.149. The molecule has 0 saturated carbocycles. The summed E-state index contributed by atoms with van der Waals surface area (Å²) in [5.74, 6) is -0.648. The Balaban J connectivity index is 2.06. The Bertz CT molecular complexity index is 565. The maximum Gasteiger partial charge on any atom is 0.336 e. The van der Waals surface area contributed by atoms with Crippen molar-refractivity contribution < 1.29 is 14.6 Å². The van der Waals surface area contributed by atoms with Crippen LogP contribution in [0.3, 0.4) is 0 Å². The van der Waals surface area contributed by atoms with Crippen LogP contribution in [-0.2, 0) is 16.6 Å². The normalized spacial score (nSPS) is 12.4. The maximum atomic E-state index is 11.0. The third-order valence-electron chi connectivity index (χ3n) is 2.72. The van der Waals surface area contributed by atoms with Crippen molar-refractivity contribution in [2.75, 3.05) is 19.0 Å². The molecule has 1 atom stereocenters. The number of ether oxygens (including phenoxy) is 1. The topological polar surface area (TPSA) is 76.4 Å². The number of carbonyl (C=O) groups excluding carboxylic acids is 1. The van der Waals surface area contributed by atoms with E-state index in [0.717, 1.165) is 16.6 Å². The molecule has 6 heteroatoms. The zero-order valence-corrected chi connectivity index (χ0v) is 10.3. The van der Waals surface area contributed by atoms with Gasteiger partial charge in [-0.3, -0.25) is 4.68 Å². The second kappa shape index (κ2) is 5.05. The van der Waals surface area contributed by atoms with Gasteiger partial charge in [0.05, 0.1) is 25.4 Å². The van der Waals surface area contributed by atoms with E-state index in [1.807, 2.05) is 25.2 Å². The van der Waals surface area contributed by atoms with Crippen LogP contribution in [-0.4, -0.2) is 40.6 Å². The number of fused-ring (bicyclic) bond motifs is 1. The lowest BCUT2D eigenvalue weighted by atomic mass is 10.2. The van der Waals surface area contributed by atoms with Gasteiger partial charge in [-0.05, 0) is 18.2 Å². The van der Waals surface area contributed by atoms with Gasteiger partial charge in [0.25, 0.3) is 0 Å². The largest absolute Gasteiger partial charge is 0.467 e. The van der Waals surface area contributed by atoms with Crippen LogP contribution >= 0.6 is 0 Å². The number of hydrogen-bond acceptors (Lipinski definition) is 5. The summed E-state index contributed by atoms with van der Waals surface area (Å²) in [6, 6.07) is 5.70. The molecule has 0 fully saturated rings. The monoisotopic (exact) mass is 249 g/mol. The van der Waals surface area contributed by atoms with Crippen molar-refractivity contribution in [3.8, 4) is 0 Å². The van der Waals surface area contributed by atoms with E-state index in [1.54, 1.807) is 10.9 Å². The van der Waals surface area contributed by atoms with Crippen LogP contribution in [0.25, 0.3) is 10.9 Å². The molecule has 1 heterocycles. The Morgan fingerprint density at radius 3 is 3.11 bits per heavy atom. The first-order valence-corrected chi connectivity index (χ1v) is 5.53. The van der Waals surface area contributed by atoms with Crippen LogP contribution in [0.4, 0.5) is 5.69 Å². The molecule has 2 N–H and O–H groups in total. The van der Waals surface area contributed by atoms with Crippen LogP contribution in [0.2, 0.25) is 0 Å². The quantitative estimate of drug-likeness (QED) is 0.772. The fourth-order valence-corrected chi connectivity index (χ4v) is 1.71. The van der Waals surface area contributed by atoms with Gasteiger partial charge in [0.2, 0.25) is 0 Å². The summed E-state index contributed by atoms with van der Waals surface area (Å²) in [6.45, 7) is 0.110. The molecule has 0 spiro atoms. The molecule has 0 amide bonds. The van der Waals surface area contributed by atoms with Gasteiger partial charge in [0, 0.05) is 18.1 Å². The molecule has 0 bridgehead atoms. The molecule has 1 aromatic carbocycles. The third-order valence-corrected chi connectivity index (χ3v) is 2.72. The van der Waals surface area contributed by atoms with Gasteiger partial charge in [0.1, 0.15) is 0 Å². The van der Waals surface area contributed by atoms with E-state index in [0.29, 0.717) is 0 Å². The van der Waals surface area contributed by atoms with E-state index >= 15 is 0 Å². The smallest absolute Gasteiger partial charge is 0.336 e. The number of benzene rings is 1. The van der Waals surface area contributed by atoms with Crippen LogP contribution in [0, 0.1) is 0 Å². The predicted octanol–water partition coefficient (Wildman–Crippen LogP) is 0.519. The van der Waals surface area contributed by atoms with Gasteiger partial charge < -0.3 is 15.2 Å². The summed E-state index contributed by atoms with van der Waals surface area (Å²) < 4.78 is 6.21. The number of anilines is 1. The Hall–Kier alpha value is -2.08. The number of aliphatic hydroxyl groups excluding tert-OH is 1. The third kappa shape index (κ3) is 2.43. The minimum Gasteiger partial charge on any atom is -0.467 e.